The number of furan rings is 1. The predicted molar refractivity (Wildman–Crippen MR) is 157 cm³/mol. The zero-order chi connectivity index (χ0) is 28.3. The van der Waals surface area contributed by atoms with Gasteiger partial charge in [0.05, 0.1) is 24.8 Å². The Morgan fingerprint density at radius 3 is 2.42 bits per heavy atom. The van der Waals surface area contributed by atoms with Crippen LogP contribution in [0.1, 0.15) is 65.2 Å². The fourth-order valence-corrected chi connectivity index (χ4v) is 5.90. The van der Waals surface area contributed by atoms with Gasteiger partial charge in [-0.2, -0.15) is 0 Å². The Kier molecular flexibility index (Phi) is 11.1. The second-order valence-electron chi connectivity index (χ2n) is 10.3. The minimum atomic E-state index is 0.00765. The molecule has 4 rings (SSSR count). The summed E-state index contributed by atoms with van der Waals surface area (Å²) in [5.74, 6) is 2.36. The van der Waals surface area contributed by atoms with E-state index in [1.165, 1.54) is 43.9 Å². The molecule has 10 heteroatoms. The number of aromatic nitrogens is 3. The van der Waals surface area contributed by atoms with E-state index >= 15 is 0 Å². The Bertz CT molecular complexity index is 1210. The molecule has 3 heterocycles. The van der Waals surface area contributed by atoms with E-state index in [1.54, 1.807) is 19.4 Å². The standard InChI is InChI=1S/C30H41N5O4S/c1-4-5-6-7-8-9-10-13-27(36)34-19-18-33(21-23(34)2)28(37)22-40-30-32-31-29(26-12-11-20-39-26)35(30)24-14-16-25(38-3)17-15-24/h11-12,14-17,20,23H,4-10,13,18-19,21-22H2,1-3H3. The second-order valence-corrected chi connectivity index (χ2v) is 11.2. The first-order valence-electron chi connectivity index (χ1n) is 14.4. The van der Waals surface area contributed by atoms with Crippen LogP contribution < -0.4 is 4.74 Å². The molecule has 1 atom stereocenters. The monoisotopic (exact) mass is 567 g/mol. The maximum absolute atomic E-state index is 13.2. The fraction of sp³-hybridized carbons (Fsp3) is 0.533. The highest BCUT2D eigenvalue weighted by Gasteiger charge is 2.30. The lowest BCUT2D eigenvalue weighted by Gasteiger charge is -2.40. The number of methoxy groups -OCH3 is 1. The van der Waals surface area contributed by atoms with E-state index in [0.29, 0.717) is 42.8 Å². The maximum Gasteiger partial charge on any atom is 0.233 e. The molecule has 9 nitrogen and oxygen atoms in total. The van der Waals surface area contributed by atoms with Crippen LogP contribution in [0.15, 0.2) is 52.2 Å². The Labute approximate surface area is 241 Å². The third-order valence-corrected chi connectivity index (χ3v) is 8.24. The van der Waals surface area contributed by atoms with Gasteiger partial charge in [-0.15, -0.1) is 10.2 Å². The molecule has 1 unspecified atom stereocenters. The third kappa shape index (κ3) is 7.68. The summed E-state index contributed by atoms with van der Waals surface area (Å²) in [7, 11) is 1.63. The number of ether oxygens (including phenoxy) is 1. The minimum absolute atomic E-state index is 0.00765. The first-order chi connectivity index (χ1) is 19.5. The Balaban J connectivity index is 1.31. The van der Waals surface area contributed by atoms with Gasteiger partial charge in [0.1, 0.15) is 5.75 Å². The molecular formula is C30H41N5O4S. The quantitative estimate of drug-likeness (QED) is 0.179. The van der Waals surface area contributed by atoms with Crippen LogP contribution in [0.2, 0.25) is 0 Å². The molecule has 0 saturated carbocycles. The predicted octanol–water partition coefficient (Wildman–Crippen LogP) is 5.83. The second kappa shape index (κ2) is 14.9. The van der Waals surface area contributed by atoms with Crippen LogP contribution in [0.4, 0.5) is 0 Å². The van der Waals surface area contributed by atoms with Crippen LogP contribution in [-0.4, -0.2) is 74.9 Å². The number of rotatable bonds is 14. The highest BCUT2D eigenvalue weighted by Crippen LogP contribution is 2.29. The normalized spacial score (nSPS) is 15.4. The highest BCUT2D eigenvalue weighted by atomic mass is 32.2. The van der Waals surface area contributed by atoms with E-state index in [9.17, 15) is 9.59 Å². The summed E-state index contributed by atoms with van der Waals surface area (Å²) in [5, 5.41) is 9.33. The molecule has 1 aliphatic rings. The summed E-state index contributed by atoms with van der Waals surface area (Å²) < 4.78 is 12.8. The summed E-state index contributed by atoms with van der Waals surface area (Å²) in [5.41, 5.74) is 0.842. The van der Waals surface area contributed by atoms with Crippen molar-refractivity contribution < 1.29 is 18.7 Å². The summed E-state index contributed by atoms with van der Waals surface area (Å²) in [4.78, 5) is 29.8. The van der Waals surface area contributed by atoms with Crippen LogP contribution in [-0.2, 0) is 9.59 Å². The molecular weight excluding hydrogens is 526 g/mol. The molecule has 2 aromatic heterocycles. The Morgan fingerprint density at radius 2 is 1.75 bits per heavy atom. The number of hydrogen-bond donors (Lipinski definition) is 0. The molecule has 216 valence electrons. The summed E-state index contributed by atoms with van der Waals surface area (Å²) >= 11 is 1.35. The third-order valence-electron chi connectivity index (χ3n) is 7.33. The summed E-state index contributed by atoms with van der Waals surface area (Å²) in [6.45, 7) is 5.93. The number of unbranched alkanes of at least 4 members (excludes halogenated alkanes) is 6. The van der Waals surface area contributed by atoms with Gasteiger partial charge in [0.25, 0.3) is 0 Å². The van der Waals surface area contributed by atoms with Crippen LogP contribution in [0.5, 0.6) is 5.75 Å². The zero-order valence-corrected chi connectivity index (χ0v) is 24.7. The number of piperazine rings is 1. The highest BCUT2D eigenvalue weighted by molar-refractivity contribution is 7.99. The summed E-state index contributed by atoms with van der Waals surface area (Å²) in [6, 6.07) is 11.2. The molecule has 0 spiro atoms. The van der Waals surface area contributed by atoms with Crippen molar-refractivity contribution in [2.24, 2.45) is 0 Å². The van der Waals surface area contributed by atoms with Crippen LogP contribution in [0, 0.1) is 0 Å². The van der Waals surface area contributed by atoms with E-state index in [2.05, 4.69) is 17.1 Å². The van der Waals surface area contributed by atoms with E-state index in [4.69, 9.17) is 9.15 Å². The van der Waals surface area contributed by atoms with Gasteiger partial charge in [-0.05, 0) is 49.7 Å². The van der Waals surface area contributed by atoms with Gasteiger partial charge in [-0.1, -0.05) is 57.2 Å². The van der Waals surface area contributed by atoms with E-state index < -0.39 is 0 Å². The number of carbonyl (C=O) groups excluding carboxylic acids is 2. The van der Waals surface area contributed by atoms with Crippen molar-refractivity contribution in [3.63, 3.8) is 0 Å². The lowest BCUT2D eigenvalue weighted by atomic mass is 10.1. The largest absolute Gasteiger partial charge is 0.497 e. The molecule has 3 aromatic rings. The first kappa shape index (κ1) is 29.7. The number of carbonyl (C=O) groups is 2. The van der Waals surface area contributed by atoms with Crippen LogP contribution >= 0.6 is 11.8 Å². The van der Waals surface area contributed by atoms with Crippen molar-refractivity contribution in [2.75, 3.05) is 32.5 Å². The molecule has 1 aliphatic heterocycles. The fourth-order valence-electron chi connectivity index (χ4n) is 5.04. The SMILES string of the molecule is CCCCCCCCCC(=O)N1CCN(C(=O)CSc2nnc(-c3ccco3)n2-c2ccc(OC)cc2)CC1C. The van der Waals surface area contributed by atoms with Crippen molar-refractivity contribution in [1.82, 2.24) is 24.6 Å². The Hall–Kier alpha value is -3.27. The number of nitrogens with zero attached hydrogens (tertiary/aromatic N) is 5. The van der Waals surface area contributed by atoms with Crippen molar-refractivity contribution in [3.05, 3.63) is 42.7 Å². The van der Waals surface area contributed by atoms with Gasteiger partial charge >= 0.3 is 0 Å². The van der Waals surface area contributed by atoms with Crippen molar-refractivity contribution in [1.29, 1.82) is 0 Å². The van der Waals surface area contributed by atoms with Gasteiger partial charge in [-0.25, -0.2) is 0 Å². The number of amides is 2. The molecule has 1 fully saturated rings. The number of benzene rings is 1. The smallest absolute Gasteiger partial charge is 0.233 e. The van der Waals surface area contributed by atoms with Crippen molar-refractivity contribution >= 4 is 23.6 Å². The molecule has 0 N–H and O–H groups in total. The molecule has 0 bridgehead atoms. The number of thioether (sulfide) groups is 1. The molecule has 0 radical (unpaired) electrons. The topological polar surface area (TPSA) is 93.7 Å². The average molecular weight is 568 g/mol. The van der Waals surface area contributed by atoms with Crippen LogP contribution in [0.3, 0.4) is 0 Å². The first-order valence-corrected chi connectivity index (χ1v) is 15.3. The minimum Gasteiger partial charge on any atom is -0.497 e. The number of hydrogen-bond acceptors (Lipinski definition) is 7. The van der Waals surface area contributed by atoms with E-state index in [1.807, 2.05) is 51.6 Å². The van der Waals surface area contributed by atoms with Gasteiger partial charge in [0, 0.05) is 32.1 Å². The van der Waals surface area contributed by atoms with Gasteiger partial charge in [-0.3, -0.25) is 14.2 Å². The molecule has 2 amide bonds. The average Bonchev–Trinajstić information content (AvgIpc) is 3.65. The van der Waals surface area contributed by atoms with Gasteiger partial charge < -0.3 is 19.0 Å². The van der Waals surface area contributed by atoms with Crippen LogP contribution in [0.25, 0.3) is 17.3 Å². The molecule has 0 aliphatic carbocycles. The Morgan fingerprint density at radius 1 is 1.00 bits per heavy atom. The zero-order valence-electron chi connectivity index (χ0n) is 23.9. The summed E-state index contributed by atoms with van der Waals surface area (Å²) in [6.07, 6.45) is 10.6. The molecule has 40 heavy (non-hydrogen) atoms. The lowest BCUT2D eigenvalue weighted by Crippen LogP contribution is -2.55. The van der Waals surface area contributed by atoms with Gasteiger partial charge in [0.15, 0.2) is 10.9 Å². The maximum atomic E-state index is 13.2. The van der Waals surface area contributed by atoms with Gasteiger partial charge in [0.2, 0.25) is 17.6 Å². The van der Waals surface area contributed by atoms with E-state index in [0.717, 1.165) is 24.3 Å². The van der Waals surface area contributed by atoms with Crippen molar-refractivity contribution in [2.45, 2.75) is 76.4 Å². The lowest BCUT2D eigenvalue weighted by molar-refractivity contribution is -0.141. The molecule has 1 aromatic carbocycles. The van der Waals surface area contributed by atoms with E-state index in [-0.39, 0.29) is 23.6 Å². The molecule has 1 saturated heterocycles. The van der Waals surface area contributed by atoms with Crippen molar-refractivity contribution in [3.8, 4) is 23.0 Å².